The van der Waals surface area contributed by atoms with Crippen molar-refractivity contribution >= 4 is 51.0 Å². The van der Waals surface area contributed by atoms with Crippen LogP contribution in [0.2, 0.25) is 10.0 Å². The largest absolute Gasteiger partial charge is 0.496 e. The molecule has 0 aliphatic carbocycles. The van der Waals surface area contributed by atoms with Crippen molar-refractivity contribution < 1.29 is 9.15 Å². The number of hydrogen-bond donors (Lipinski definition) is 0. The van der Waals surface area contributed by atoms with Gasteiger partial charge < -0.3 is 9.15 Å². The second-order valence-electron chi connectivity index (χ2n) is 5.60. The van der Waals surface area contributed by atoms with E-state index in [1.807, 2.05) is 18.2 Å². The van der Waals surface area contributed by atoms with Crippen LogP contribution in [0.4, 0.5) is 0 Å². The molecule has 0 spiro atoms. The molecular formula is C20H12Cl2O3. The second kappa shape index (κ2) is 6.10. The van der Waals surface area contributed by atoms with Crippen LogP contribution in [0.5, 0.6) is 5.75 Å². The molecular weight excluding hydrogens is 359 g/mol. The maximum absolute atomic E-state index is 12.9. The van der Waals surface area contributed by atoms with Gasteiger partial charge in [0.25, 0.3) is 0 Å². The average molecular weight is 371 g/mol. The highest BCUT2D eigenvalue weighted by atomic mass is 35.5. The van der Waals surface area contributed by atoms with Gasteiger partial charge in [-0.3, -0.25) is 4.79 Å². The van der Waals surface area contributed by atoms with Crippen LogP contribution in [0.25, 0.3) is 27.8 Å². The van der Waals surface area contributed by atoms with E-state index < -0.39 is 0 Å². The molecule has 124 valence electrons. The Morgan fingerprint density at radius 1 is 1.04 bits per heavy atom. The summed E-state index contributed by atoms with van der Waals surface area (Å²) >= 11 is 12.1. The van der Waals surface area contributed by atoms with Crippen LogP contribution >= 0.6 is 23.2 Å². The first kappa shape index (κ1) is 16.0. The van der Waals surface area contributed by atoms with Gasteiger partial charge in [-0.05, 0) is 42.0 Å². The molecule has 0 amide bonds. The molecule has 1 aromatic heterocycles. The number of rotatable bonds is 2. The SMILES string of the molecule is COc1ccc2c(=O)/c(=C\c3ccc(Cl)cc3Cl)oc3cccc1c32. The lowest BCUT2D eigenvalue weighted by Gasteiger charge is -2.08. The predicted molar refractivity (Wildman–Crippen MR) is 102 cm³/mol. The zero-order chi connectivity index (χ0) is 17.6. The summed E-state index contributed by atoms with van der Waals surface area (Å²) in [5.74, 6) is 0.699. The Labute approximate surface area is 153 Å². The molecule has 0 radical (unpaired) electrons. The summed E-state index contributed by atoms with van der Waals surface area (Å²) < 4.78 is 11.2. The van der Waals surface area contributed by atoms with Gasteiger partial charge in [0.1, 0.15) is 11.3 Å². The third kappa shape index (κ3) is 2.66. The Kier molecular flexibility index (Phi) is 3.91. The molecule has 3 nitrogen and oxygen atoms in total. The van der Waals surface area contributed by atoms with Gasteiger partial charge in [0.05, 0.1) is 7.11 Å². The Bertz CT molecular complexity index is 1230. The normalized spacial score (nSPS) is 12.2. The van der Waals surface area contributed by atoms with Gasteiger partial charge >= 0.3 is 0 Å². The molecule has 25 heavy (non-hydrogen) atoms. The van der Waals surface area contributed by atoms with Crippen molar-refractivity contribution in [3.8, 4) is 5.75 Å². The number of ether oxygens (including phenoxy) is 1. The van der Waals surface area contributed by atoms with E-state index >= 15 is 0 Å². The molecule has 0 aliphatic heterocycles. The van der Waals surface area contributed by atoms with Crippen molar-refractivity contribution in [2.75, 3.05) is 7.11 Å². The van der Waals surface area contributed by atoms with E-state index in [9.17, 15) is 4.79 Å². The smallest absolute Gasteiger partial charge is 0.228 e. The highest BCUT2D eigenvalue weighted by molar-refractivity contribution is 6.35. The van der Waals surface area contributed by atoms with E-state index in [0.29, 0.717) is 32.3 Å². The molecule has 1 heterocycles. The van der Waals surface area contributed by atoms with Crippen LogP contribution in [0.3, 0.4) is 0 Å². The predicted octanol–water partition coefficient (Wildman–Crippen LogP) is 4.81. The fourth-order valence-electron chi connectivity index (χ4n) is 2.95. The minimum Gasteiger partial charge on any atom is -0.496 e. The van der Waals surface area contributed by atoms with Crippen LogP contribution in [0.1, 0.15) is 5.56 Å². The van der Waals surface area contributed by atoms with Gasteiger partial charge in [-0.2, -0.15) is 0 Å². The van der Waals surface area contributed by atoms with E-state index in [1.165, 1.54) is 0 Å². The summed E-state index contributed by atoms with van der Waals surface area (Å²) in [6.45, 7) is 0. The zero-order valence-electron chi connectivity index (χ0n) is 13.2. The van der Waals surface area contributed by atoms with E-state index in [2.05, 4.69) is 0 Å². The number of halogens is 2. The summed E-state index contributed by atoms with van der Waals surface area (Å²) in [7, 11) is 1.60. The van der Waals surface area contributed by atoms with Crippen molar-refractivity contribution in [2.45, 2.75) is 0 Å². The molecule has 0 saturated heterocycles. The molecule has 0 N–H and O–H groups in total. The van der Waals surface area contributed by atoms with Crippen molar-refractivity contribution in [3.63, 3.8) is 0 Å². The van der Waals surface area contributed by atoms with Gasteiger partial charge in [0.2, 0.25) is 5.43 Å². The summed E-state index contributed by atoms with van der Waals surface area (Å²) in [4.78, 5) is 12.9. The van der Waals surface area contributed by atoms with Crippen LogP contribution in [0, 0.1) is 0 Å². The first-order chi connectivity index (χ1) is 12.1. The lowest BCUT2D eigenvalue weighted by Crippen LogP contribution is -2.24. The van der Waals surface area contributed by atoms with Crippen molar-refractivity contribution in [1.82, 2.24) is 0 Å². The van der Waals surface area contributed by atoms with Crippen molar-refractivity contribution in [1.29, 1.82) is 0 Å². The second-order valence-corrected chi connectivity index (χ2v) is 6.44. The number of benzene rings is 3. The van der Waals surface area contributed by atoms with Crippen LogP contribution < -0.4 is 15.6 Å². The maximum atomic E-state index is 12.9. The third-order valence-electron chi connectivity index (χ3n) is 4.12. The molecule has 0 saturated carbocycles. The van der Waals surface area contributed by atoms with Crippen LogP contribution in [0.15, 0.2) is 57.7 Å². The Morgan fingerprint density at radius 3 is 2.64 bits per heavy atom. The Morgan fingerprint density at radius 2 is 1.88 bits per heavy atom. The van der Waals surface area contributed by atoms with Gasteiger partial charge in [-0.25, -0.2) is 0 Å². The summed E-state index contributed by atoms with van der Waals surface area (Å²) in [5, 5.41) is 3.16. The summed E-state index contributed by atoms with van der Waals surface area (Å²) in [5.41, 5.74) is 1.30. The Balaban J connectivity index is 2.09. The minimum absolute atomic E-state index is 0.197. The molecule has 0 atom stereocenters. The van der Waals surface area contributed by atoms with E-state index in [0.717, 1.165) is 10.8 Å². The monoisotopic (exact) mass is 370 g/mol. The van der Waals surface area contributed by atoms with Crippen LogP contribution in [-0.4, -0.2) is 7.11 Å². The van der Waals surface area contributed by atoms with E-state index in [4.69, 9.17) is 32.4 Å². The maximum Gasteiger partial charge on any atom is 0.228 e. The standard InChI is InChI=1S/C20H12Cl2O3/c1-24-16-8-7-14-19-13(16)3-2-4-17(19)25-18(20(14)23)9-11-5-6-12(21)10-15(11)22/h2-10H,1H3/b18-9+. The quantitative estimate of drug-likeness (QED) is 0.508. The lowest BCUT2D eigenvalue weighted by atomic mass is 10.0. The molecule has 0 fully saturated rings. The summed E-state index contributed by atoms with van der Waals surface area (Å²) in [6.07, 6.45) is 1.63. The average Bonchev–Trinajstić information content (AvgIpc) is 2.61. The van der Waals surface area contributed by atoms with Gasteiger partial charge in [0.15, 0.2) is 5.42 Å². The first-order valence-corrected chi connectivity index (χ1v) is 8.33. The molecule has 4 aromatic rings. The molecule has 4 rings (SSSR count). The fourth-order valence-corrected chi connectivity index (χ4v) is 3.41. The highest BCUT2D eigenvalue weighted by Gasteiger charge is 2.12. The Hall–Kier alpha value is -2.49. The number of hydrogen-bond acceptors (Lipinski definition) is 3. The zero-order valence-corrected chi connectivity index (χ0v) is 14.7. The van der Waals surface area contributed by atoms with Crippen molar-refractivity contribution in [3.05, 3.63) is 79.8 Å². The molecule has 0 unspecified atom stereocenters. The molecule has 5 heteroatoms. The van der Waals surface area contributed by atoms with Gasteiger partial charge in [-0.1, -0.05) is 41.4 Å². The minimum atomic E-state index is -0.197. The number of methoxy groups -OCH3 is 1. The first-order valence-electron chi connectivity index (χ1n) is 7.57. The molecule has 0 bridgehead atoms. The van der Waals surface area contributed by atoms with Gasteiger partial charge in [-0.15, -0.1) is 0 Å². The van der Waals surface area contributed by atoms with Crippen molar-refractivity contribution in [2.24, 2.45) is 0 Å². The lowest BCUT2D eigenvalue weighted by molar-refractivity contribution is 0.420. The van der Waals surface area contributed by atoms with Gasteiger partial charge in [0, 0.05) is 26.2 Å². The summed E-state index contributed by atoms with van der Waals surface area (Å²) in [6, 6.07) is 14.2. The molecule has 0 aliphatic rings. The third-order valence-corrected chi connectivity index (χ3v) is 4.68. The fraction of sp³-hybridized carbons (Fsp3) is 0.0500. The van der Waals surface area contributed by atoms with E-state index in [-0.39, 0.29) is 10.8 Å². The topological polar surface area (TPSA) is 39.4 Å². The molecule has 3 aromatic carbocycles. The highest BCUT2D eigenvalue weighted by Crippen LogP contribution is 2.31. The van der Waals surface area contributed by atoms with E-state index in [1.54, 1.807) is 43.5 Å². The van der Waals surface area contributed by atoms with Crippen LogP contribution in [-0.2, 0) is 0 Å².